The molecule has 0 bridgehead atoms. The van der Waals surface area contributed by atoms with Crippen molar-refractivity contribution < 1.29 is 19.1 Å². The molecule has 2 atom stereocenters. The lowest BCUT2D eigenvalue weighted by Crippen LogP contribution is -2.49. The molecule has 7 heteroatoms. The second-order valence-corrected chi connectivity index (χ2v) is 5.95. The van der Waals surface area contributed by atoms with Crippen LogP contribution in [-0.4, -0.2) is 39.2 Å². The van der Waals surface area contributed by atoms with Gasteiger partial charge in [0.25, 0.3) is 0 Å². The third kappa shape index (κ3) is 3.66. The predicted molar refractivity (Wildman–Crippen MR) is 78.4 cm³/mol. The molecule has 2 amide bonds. The van der Waals surface area contributed by atoms with E-state index in [1.165, 1.54) is 28.8 Å². The summed E-state index contributed by atoms with van der Waals surface area (Å²) >= 11 is 1.47. The Kier molecular flexibility index (Phi) is 5.06. The third-order valence-electron chi connectivity index (χ3n) is 3.32. The zero-order valence-corrected chi connectivity index (χ0v) is 12.4. The number of benzene rings is 1. The molecule has 1 saturated heterocycles. The van der Waals surface area contributed by atoms with Crippen LogP contribution in [0, 0.1) is 5.82 Å². The Labute approximate surface area is 126 Å². The van der Waals surface area contributed by atoms with Gasteiger partial charge in [-0.3, -0.25) is 4.90 Å². The van der Waals surface area contributed by atoms with Crippen LogP contribution in [0.25, 0.3) is 0 Å². The van der Waals surface area contributed by atoms with Gasteiger partial charge in [-0.15, -0.1) is 11.8 Å². The number of urea groups is 1. The first-order valence-corrected chi connectivity index (χ1v) is 7.72. The molecule has 1 aliphatic rings. The van der Waals surface area contributed by atoms with E-state index in [0.717, 1.165) is 5.56 Å². The third-order valence-corrected chi connectivity index (χ3v) is 4.77. The van der Waals surface area contributed by atoms with Crippen molar-refractivity contribution in [2.24, 2.45) is 0 Å². The highest BCUT2D eigenvalue weighted by molar-refractivity contribution is 8.00. The lowest BCUT2D eigenvalue weighted by atomic mass is 10.2. The molecule has 2 unspecified atom stereocenters. The van der Waals surface area contributed by atoms with Gasteiger partial charge in [-0.2, -0.15) is 0 Å². The Morgan fingerprint density at radius 1 is 1.43 bits per heavy atom. The van der Waals surface area contributed by atoms with Gasteiger partial charge in [0.2, 0.25) is 0 Å². The molecular weight excluding hydrogens is 295 g/mol. The fraction of sp³-hybridized carbons (Fsp3) is 0.429. The second kappa shape index (κ2) is 6.80. The maximum atomic E-state index is 12.8. The molecule has 21 heavy (non-hydrogen) atoms. The zero-order chi connectivity index (χ0) is 15.4. The Hall–Kier alpha value is -1.76. The summed E-state index contributed by atoms with van der Waals surface area (Å²) in [7, 11) is 0. The Morgan fingerprint density at radius 2 is 2.10 bits per heavy atom. The highest BCUT2D eigenvalue weighted by Crippen LogP contribution is 2.31. The van der Waals surface area contributed by atoms with Crippen molar-refractivity contribution in [3.05, 3.63) is 35.6 Å². The molecule has 1 aromatic rings. The summed E-state index contributed by atoms with van der Waals surface area (Å²) in [6.07, 6.45) is 0.693. The summed E-state index contributed by atoms with van der Waals surface area (Å²) in [5, 5.41) is 11.8. The molecule has 114 valence electrons. The highest BCUT2D eigenvalue weighted by atomic mass is 32.2. The van der Waals surface area contributed by atoms with E-state index >= 15 is 0 Å². The average Bonchev–Trinajstić information content (AvgIpc) is 2.90. The van der Waals surface area contributed by atoms with E-state index in [2.05, 4.69) is 5.32 Å². The van der Waals surface area contributed by atoms with Gasteiger partial charge in [0.1, 0.15) is 11.9 Å². The summed E-state index contributed by atoms with van der Waals surface area (Å²) in [5.41, 5.74) is 0.761. The number of nitrogens with zero attached hydrogens (tertiary/aromatic N) is 1. The maximum Gasteiger partial charge on any atom is 0.327 e. The summed E-state index contributed by atoms with van der Waals surface area (Å²) in [5.74, 6) is -0.925. The minimum absolute atomic E-state index is 0.126. The molecule has 2 rings (SSSR count). The number of hydrogen-bond acceptors (Lipinski definition) is 3. The molecular formula is C14H17FN2O3S. The zero-order valence-electron chi connectivity index (χ0n) is 11.6. The molecule has 0 aromatic heterocycles. The number of nitrogens with one attached hydrogen (secondary N) is 1. The summed E-state index contributed by atoms with van der Waals surface area (Å²) in [4.78, 5) is 24.8. The standard InChI is InChI=1S/C14H17FN2O3S/c1-2-12-17(11(8-21-12)13(18)19)14(20)16-7-9-3-5-10(15)6-4-9/h3-6,11-12H,2,7-8H2,1H3,(H,16,20)(H,18,19). The van der Waals surface area contributed by atoms with Gasteiger partial charge in [-0.05, 0) is 24.1 Å². The van der Waals surface area contributed by atoms with Gasteiger partial charge < -0.3 is 10.4 Å². The van der Waals surface area contributed by atoms with Crippen LogP contribution in [-0.2, 0) is 11.3 Å². The first-order chi connectivity index (χ1) is 10.0. The van der Waals surface area contributed by atoms with Crippen molar-refractivity contribution >= 4 is 23.8 Å². The summed E-state index contributed by atoms with van der Waals surface area (Å²) in [6.45, 7) is 2.16. The van der Waals surface area contributed by atoms with E-state index in [4.69, 9.17) is 0 Å². The van der Waals surface area contributed by atoms with Crippen LogP contribution < -0.4 is 5.32 Å². The number of thioether (sulfide) groups is 1. The molecule has 1 aromatic carbocycles. The van der Waals surface area contributed by atoms with Gasteiger partial charge in [-0.25, -0.2) is 14.0 Å². The van der Waals surface area contributed by atoms with E-state index < -0.39 is 18.0 Å². The molecule has 0 aliphatic carbocycles. The summed E-state index contributed by atoms with van der Waals surface area (Å²) < 4.78 is 12.8. The number of carboxylic acid groups (broad SMARTS) is 1. The first-order valence-electron chi connectivity index (χ1n) is 6.68. The molecule has 0 saturated carbocycles. The molecule has 0 radical (unpaired) electrons. The number of carboxylic acids is 1. The van der Waals surface area contributed by atoms with Crippen molar-refractivity contribution in [2.75, 3.05) is 5.75 Å². The smallest absolute Gasteiger partial charge is 0.327 e. The van der Waals surface area contributed by atoms with Crippen molar-refractivity contribution in [1.29, 1.82) is 0 Å². The molecule has 5 nitrogen and oxygen atoms in total. The number of amides is 2. The fourth-order valence-electron chi connectivity index (χ4n) is 2.21. The van der Waals surface area contributed by atoms with Gasteiger partial charge in [0.15, 0.2) is 0 Å². The fourth-order valence-corrected chi connectivity index (χ4v) is 3.56. The molecule has 1 heterocycles. The highest BCUT2D eigenvalue weighted by Gasteiger charge is 2.40. The number of hydrogen-bond donors (Lipinski definition) is 2. The quantitative estimate of drug-likeness (QED) is 0.895. The Bertz CT molecular complexity index is 523. The van der Waals surface area contributed by atoms with E-state index in [9.17, 15) is 19.1 Å². The van der Waals surface area contributed by atoms with Crippen LogP contribution in [0.1, 0.15) is 18.9 Å². The molecule has 0 spiro atoms. The molecule has 1 aliphatic heterocycles. The van der Waals surface area contributed by atoms with Crippen molar-refractivity contribution in [3.63, 3.8) is 0 Å². The van der Waals surface area contributed by atoms with Gasteiger partial charge in [-0.1, -0.05) is 19.1 Å². The number of carbonyl (C=O) groups excluding carboxylic acids is 1. The van der Waals surface area contributed by atoms with Crippen LogP contribution >= 0.6 is 11.8 Å². The van der Waals surface area contributed by atoms with Gasteiger partial charge in [0.05, 0.1) is 5.37 Å². The van der Waals surface area contributed by atoms with Crippen LogP contribution in [0.4, 0.5) is 9.18 Å². The van der Waals surface area contributed by atoms with E-state index in [1.807, 2.05) is 6.92 Å². The Balaban J connectivity index is 2.00. The van der Waals surface area contributed by atoms with Gasteiger partial charge in [0, 0.05) is 12.3 Å². The van der Waals surface area contributed by atoms with E-state index in [0.29, 0.717) is 12.2 Å². The summed E-state index contributed by atoms with van der Waals surface area (Å²) in [6, 6.07) is 4.61. The van der Waals surface area contributed by atoms with E-state index in [-0.39, 0.29) is 17.7 Å². The first kappa shape index (κ1) is 15.6. The molecule has 2 N–H and O–H groups in total. The minimum atomic E-state index is -0.990. The SMILES string of the molecule is CCC1SCC(C(=O)O)N1C(=O)NCc1ccc(F)cc1. The van der Waals surface area contributed by atoms with E-state index in [1.54, 1.807) is 12.1 Å². The number of rotatable bonds is 4. The van der Waals surface area contributed by atoms with Gasteiger partial charge >= 0.3 is 12.0 Å². The minimum Gasteiger partial charge on any atom is -0.480 e. The second-order valence-electron chi connectivity index (χ2n) is 4.74. The average molecular weight is 312 g/mol. The van der Waals surface area contributed by atoms with Crippen LogP contribution in [0.5, 0.6) is 0 Å². The molecule has 1 fully saturated rings. The normalized spacial score (nSPS) is 21.3. The van der Waals surface area contributed by atoms with Crippen molar-refractivity contribution in [1.82, 2.24) is 10.2 Å². The Morgan fingerprint density at radius 3 is 2.67 bits per heavy atom. The monoisotopic (exact) mass is 312 g/mol. The number of aliphatic carboxylic acids is 1. The topological polar surface area (TPSA) is 69.6 Å². The predicted octanol–water partition coefficient (Wildman–Crippen LogP) is 2.27. The largest absolute Gasteiger partial charge is 0.480 e. The lowest BCUT2D eigenvalue weighted by Gasteiger charge is -2.26. The van der Waals surface area contributed by atoms with Crippen LogP contribution in [0.3, 0.4) is 0 Å². The number of halogens is 1. The van der Waals surface area contributed by atoms with Crippen molar-refractivity contribution in [2.45, 2.75) is 31.3 Å². The van der Waals surface area contributed by atoms with Crippen molar-refractivity contribution in [3.8, 4) is 0 Å². The maximum absolute atomic E-state index is 12.8. The van der Waals surface area contributed by atoms with Crippen LogP contribution in [0.2, 0.25) is 0 Å². The lowest BCUT2D eigenvalue weighted by molar-refractivity contribution is -0.141. The number of carbonyl (C=O) groups is 2. The van der Waals surface area contributed by atoms with Crippen LogP contribution in [0.15, 0.2) is 24.3 Å².